The summed E-state index contributed by atoms with van der Waals surface area (Å²) >= 11 is 0. The predicted octanol–water partition coefficient (Wildman–Crippen LogP) is 4.66. The summed E-state index contributed by atoms with van der Waals surface area (Å²) in [5.74, 6) is 1.17. The van der Waals surface area contributed by atoms with Crippen molar-refractivity contribution in [2.45, 2.75) is 13.8 Å². The summed E-state index contributed by atoms with van der Waals surface area (Å²) in [6.07, 6.45) is 0. The molecule has 3 aromatic carbocycles. The minimum absolute atomic E-state index is 0.128. The zero-order chi connectivity index (χ0) is 22.0. The van der Waals surface area contributed by atoms with E-state index in [-0.39, 0.29) is 11.6 Å². The van der Waals surface area contributed by atoms with Gasteiger partial charge in [0.25, 0.3) is 5.56 Å². The highest BCUT2D eigenvalue weighted by atomic mass is 16.5. The number of ether oxygens (including phenoxy) is 1. The SMILES string of the molecule is COc1ccccc1NC(=O)Nc1ccc(-n2c(C)nc3ccccc3c2=O)cc1C. The Morgan fingerprint density at radius 1 is 0.935 bits per heavy atom. The molecule has 0 aliphatic heterocycles. The van der Waals surface area contributed by atoms with Crippen LogP contribution in [0.5, 0.6) is 5.75 Å². The number of nitrogens with zero attached hydrogens (tertiary/aromatic N) is 2. The summed E-state index contributed by atoms with van der Waals surface area (Å²) in [6.45, 7) is 3.67. The van der Waals surface area contributed by atoms with Crippen LogP contribution in [0, 0.1) is 13.8 Å². The highest BCUT2D eigenvalue weighted by Gasteiger charge is 2.12. The molecule has 7 nitrogen and oxygen atoms in total. The van der Waals surface area contributed by atoms with Gasteiger partial charge in [0.15, 0.2) is 0 Å². The molecule has 0 radical (unpaired) electrons. The van der Waals surface area contributed by atoms with Crippen molar-refractivity contribution in [3.05, 3.63) is 88.5 Å². The molecule has 156 valence electrons. The van der Waals surface area contributed by atoms with Gasteiger partial charge in [-0.2, -0.15) is 0 Å². The molecular weight excluding hydrogens is 392 g/mol. The Kier molecular flexibility index (Phi) is 5.41. The molecule has 0 aliphatic carbocycles. The summed E-state index contributed by atoms with van der Waals surface area (Å²) in [4.78, 5) is 30.0. The molecule has 7 heteroatoms. The van der Waals surface area contributed by atoms with E-state index in [0.29, 0.717) is 39.5 Å². The van der Waals surface area contributed by atoms with Crippen molar-refractivity contribution >= 4 is 28.3 Å². The topological polar surface area (TPSA) is 85.2 Å². The number of hydrogen-bond donors (Lipinski definition) is 2. The smallest absolute Gasteiger partial charge is 0.323 e. The first-order chi connectivity index (χ1) is 15.0. The van der Waals surface area contributed by atoms with Crippen LogP contribution in [0.3, 0.4) is 0 Å². The Bertz CT molecular complexity index is 1340. The molecule has 4 rings (SSSR count). The molecule has 2 amide bonds. The molecule has 0 bridgehead atoms. The number of urea groups is 1. The Morgan fingerprint density at radius 2 is 1.65 bits per heavy atom. The van der Waals surface area contributed by atoms with E-state index >= 15 is 0 Å². The van der Waals surface area contributed by atoms with Crippen molar-refractivity contribution in [2.24, 2.45) is 0 Å². The molecule has 4 aromatic rings. The average Bonchev–Trinajstić information content (AvgIpc) is 2.76. The van der Waals surface area contributed by atoms with Gasteiger partial charge in [0.05, 0.1) is 29.4 Å². The minimum Gasteiger partial charge on any atom is -0.495 e. The van der Waals surface area contributed by atoms with Gasteiger partial charge in [-0.1, -0.05) is 24.3 Å². The van der Waals surface area contributed by atoms with E-state index in [1.807, 2.05) is 43.3 Å². The second-order valence-corrected chi connectivity index (χ2v) is 7.10. The normalized spacial score (nSPS) is 10.7. The molecule has 0 atom stereocenters. The molecule has 0 saturated carbocycles. The molecule has 0 spiro atoms. The zero-order valence-electron chi connectivity index (χ0n) is 17.5. The van der Waals surface area contributed by atoms with Crippen molar-refractivity contribution in [3.8, 4) is 11.4 Å². The fourth-order valence-corrected chi connectivity index (χ4v) is 3.50. The molecule has 0 fully saturated rings. The van der Waals surface area contributed by atoms with Crippen LogP contribution in [0.2, 0.25) is 0 Å². The van der Waals surface area contributed by atoms with Crippen LogP contribution in [-0.4, -0.2) is 22.7 Å². The lowest BCUT2D eigenvalue weighted by atomic mass is 10.1. The van der Waals surface area contributed by atoms with Gasteiger partial charge in [-0.25, -0.2) is 9.78 Å². The molecule has 0 saturated heterocycles. The van der Waals surface area contributed by atoms with Gasteiger partial charge in [-0.15, -0.1) is 0 Å². The summed E-state index contributed by atoms with van der Waals surface area (Å²) in [5, 5.41) is 6.18. The quantitative estimate of drug-likeness (QED) is 0.509. The van der Waals surface area contributed by atoms with Crippen molar-refractivity contribution in [1.29, 1.82) is 0 Å². The number of nitrogens with one attached hydrogen (secondary N) is 2. The van der Waals surface area contributed by atoms with Gasteiger partial charge in [-0.05, 0) is 61.9 Å². The fraction of sp³-hybridized carbons (Fsp3) is 0.125. The minimum atomic E-state index is -0.388. The van der Waals surface area contributed by atoms with Crippen LogP contribution in [-0.2, 0) is 0 Å². The maximum atomic E-state index is 13.0. The standard InChI is InChI=1S/C24H22N4O3/c1-15-14-17(28-16(2)25-20-9-5-4-8-18(20)23(28)29)12-13-19(15)26-24(30)27-21-10-6-7-11-22(21)31-3/h4-14H,1-3H3,(H2,26,27,30). The number of hydrogen-bond acceptors (Lipinski definition) is 4. The number of benzene rings is 3. The lowest BCUT2D eigenvalue weighted by Crippen LogP contribution is -2.23. The molecular formula is C24H22N4O3. The Morgan fingerprint density at radius 3 is 2.42 bits per heavy atom. The number of aromatic nitrogens is 2. The van der Waals surface area contributed by atoms with Crippen LogP contribution >= 0.6 is 0 Å². The fourth-order valence-electron chi connectivity index (χ4n) is 3.50. The first kappa shape index (κ1) is 20.2. The molecule has 1 heterocycles. The zero-order valence-corrected chi connectivity index (χ0v) is 17.5. The number of amides is 2. The van der Waals surface area contributed by atoms with Gasteiger partial charge in [0.2, 0.25) is 0 Å². The Balaban J connectivity index is 1.61. The number of carbonyl (C=O) groups excluding carboxylic acids is 1. The third-order valence-electron chi connectivity index (χ3n) is 5.01. The van der Waals surface area contributed by atoms with E-state index in [4.69, 9.17) is 4.74 Å². The van der Waals surface area contributed by atoms with Crippen LogP contribution < -0.4 is 20.9 Å². The van der Waals surface area contributed by atoms with E-state index in [0.717, 1.165) is 5.56 Å². The van der Waals surface area contributed by atoms with Gasteiger partial charge in [-0.3, -0.25) is 9.36 Å². The third-order valence-corrected chi connectivity index (χ3v) is 5.01. The number of aryl methyl sites for hydroxylation is 2. The summed E-state index contributed by atoms with van der Waals surface area (Å²) in [5.41, 5.74) is 3.25. The number of rotatable bonds is 4. The van der Waals surface area contributed by atoms with Crippen LogP contribution in [0.4, 0.5) is 16.2 Å². The van der Waals surface area contributed by atoms with Crippen molar-refractivity contribution in [1.82, 2.24) is 9.55 Å². The van der Waals surface area contributed by atoms with Gasteiger partial charge in [0.1, 0.15) is 11.6 Å². The highest BCUT2D eigenvalue weighted by Crippen LogP contribution is 2.24. The summed E-state index contributed by atoms with van der Waals surface area (Å²) in [6, 6.07) is 19.5. The average molecular weight is 414 g/mol. The maximum absolute atomic E-state index is 13.0. The third kappa shape index (κ3) is 3.98. The molecule has 0 aliphatic rings. The lowest BCUT2D eigenvalue weighted by Gasteiger charge is -2.15. The summed E-state index contributed by atoms with van der Waals surface area (Å²) in [7, 11) is 1.55. The second-order valence-electron chi connectivity index (χ2n) is 7.10. The van der Waals surface area contributed by atoms with Gasteiger partial charge < -0.3 is 15.4 Å². The highest BCUT2D eigenvalue weighted by molar-refractivity contribution is 6.01. The van der Waals surface area contributed by atoms with E-state index < -0.39 is 0 Å². The first-order valence-corrected chi connectivity index (χ1v) is 9.78. The Labute approximate surface area is 179 Å². The number of fused-ring (bicyclic) bond motifs is 1. The number of para-hydroxylation sites is 3. The number of carbonyl (C=O) groups is 1. The van der Waals surface area contributed by atoms with E-state index in [1.54, 1.807) is 48.9 Å². The van der Waals surface area contributed by atoms with Crippen molar-refractivity contribution in [3.63, 3.8) is 0 Å². The second kappa shape index (κ2) is 8.31. The van der Waals surface area contributed by atoms with E-state index in [9.17, 15) is 9.59 Å². The Hall–Kier alpha value is -4.13. The van der Waals surface area contributed by atoms with Gasteiger partial charge >= 0.3 is 6.03 Å². The first-order valence-electron chi connectivity index (χ1n) is 9.78. The molecule has 1 aromatic heterocycles. The molecule has 0 unspecified atom stereocenters. The lowest BCUT2D eigenvalue weighted by molar-refractivity contribution is 0.262. The monoisotopic (exact) mass is 414 g/mol. The number of anilines is 2. The van der Waals surface area contributed by atoms with Crippen LogP contribution in [0.1, 0.15) is 11.4 Å². The maximum Gasteiger partial charge on any atom is 0.323 e. The van der Waals surface area contributed by atoms with E-state index in [2.05, 4.69) is 15.6 Å². The van der Waals surface area contributed by atoms with Crippen molar-refractivity contribution in [2.75, 3.05) is 17.7 Å². The van der Waals surface area contributed by atoms with Crippen LogP contribution in [0.25, 0.3) is 16.6 Å². The number of methoxy groups -OCH3 is 1. The molecule has 2 N–H and O–H groups in total. The largest absolute Gasteiger partial charge is 0.495 e. The van der Waals surface area contributed by atoms with Crippen LogP contribution in [0.15, 0.2) is 71.5 Å². The summed E-state index contributed by atoms with van der Waals surface area (Å²) < 4.78 is 6.83. The van der Waals surface area contributed by atoms with Gasteiger partial charge in [0, 0.05) is 5.69 Å². The van der Waals surface area contributed by atoms with Crippen molar-refractivity contribution < 1.29 is 9.53 Å². The molecule has 31 heavy (non-hydrogen) atoms. The van der Waals surface area contributed by atoms with E-state index in [1.165, 1.54) is 0 Å². The predicted molar refractivity (Wildman–Crippen MR) is 122 cm³/mol.